The summed E-state index contributed by atoms with van der Waals surface area (Å²) < 4.78 is 1.92. The Morgan fingerprint density at radius 1 is 0.917 bits per heavy atom. The van der Waals surface area contributed by atoms with E-state index in [4.69, 9.17) is 0 Å². The molecule has 0 bridgehead atoms. The van der Waals surface area contributed by atoms with Crippen molar-refractivity contribution in [3.63, 3.8) is 0 Å². The maximum Gasteiger partial charge on any atom is 0.269 e. The van der Waals surface area contributed by atoms with Gasteiger partial charge in [0.15, 0.2) is 0 Å². The molecule has 0 amide bonds. The summed E-state index contributed by atoms with van der Waals surface area (Å²) in [6, 6.07) is 25.0. The average molecular weight is 498 g/mol. The molecule has 0 spiro atoms. The number of thioether (sulfide) groups is 1. The molecule has 5 rings (SSSR count). The maximum atomic E-state index is 10.9. The number of benzene rings is 3. The van der Waals surface area contributed by atoms with Crippen molar-refractivity contribution in [2.75, 3.05) is 0 Å². The largest absolute Gasteiger partial charge is 0.269 e. The van der Waals surface area contributed by atoms with Gasteiger partial charge in [0.25, 0.3) is 5.69 Å². The lowest BCUT2D eigenvalue weighted by molar-refractivity contribution is -0.384. The van der Waals surface area contributed by atoms with Crippen LogP contribution in [0, 0.1) is 10.1 Å². The Labute approximate surface area is 211 Å². The predicted octanol–water partition coefficient (Wildman–Crippen LogP) is 5.34. The van der Waals surface area contributed by atoms with Crippen LogP contribution in [0.15, 0.2) is 90.1 Å². The van der Waals surface area contributed by atoms with Crippen LogP contribution in [0.2, 0.25) is 0 Å². The molecule has 0 aliphatic carbocycles. The van der Waals surface area contributed by atoms with Gasteiger partial charge in [-0.05, 0) is 40.5 Å². The van der Waals surface area contributed by atoms with Crippen LogP contribution in [0.1, 0.15) is 23.6 Å². The van der Waals surface area contributed by atoms with E-state index in [2.05, 4.69) is 63.8 Å². The summed E-state index contributed by atoms with van der Waals surface area (Å²) in [7, 11) is 0. The third kappa shape index (κ3) is 5.18. The molecule has 36 heavy (non-hydrogen) atoms. The number of non-ortho nitro benzene ring substituents is 1. The van der Waals surface area contributed by atoms with Gasteiger partial charge in [-0.1, -0.05) is 61.5 Å². The molecule has 0 aliphatic rings. The van der Waals surface area contributed by atoms with Gasteiger partial charge >= 0.3 is 0 Å². The summed E-state index contributed by atoms with van der Waals surface area (Å²) in [4.78, 5) is 12.0. The summed E-state index contributed by atoms with van der Waals surface area (Å²) in [6.07, 6.45) is 2.75. The van der Waals surface area contributed by atoms with Gasteiger partial charge in [0.2, 0.25) is 5.82 Å². The van der Waals surface area contributed by atoms with Crippen LogP contribution < -0.4 is 0 Å². The first-order valence-electron chi connectivity index (χ1n) is 11.5. The average Bonchev–Trinajstić information content (AvgIpc) is 3.55. The third-order valence-electron chi connectivity index (χ3n) is 5.70. The van der Waals surface area contributed by atoms with Gasteiger partial charge in [-0.25, -0.2) is 4.68 Å². The summed E-state index contributed by atoms with van der Waals surface area (Å²) in [5.41, 5.74) is 5.12. The number of rotatable bonds is 9. The maximum absolute atomic E-state index is 10.9. The first-order valence-corrected chi connectivity index (χ1v) is 12.4. The molecular formula is C26H23N7O2S. The zero-order valence-electron chi connectivity index (χ0n) is 19.6. The van der Waals surface area contributed by atoms with Gasteiger partial charge in [-0.2, -0.15) is 9.90 Å². The van der Waals surface area contributed by atoms with Crippen LogP contribution in [-0.2, 0) is 18.7 Å². The first kappa shape index (κ1) is 23.4. The Hall–Kier alpha value is -4.31. The second-order valence-electron chi connectivity index (χ2n) is 8.14. The second kappa shape index (κ2) is 10.5. The Balaban J connectivity index is 1.44. The van der Waals surface area contributed by atoms with Crippen molar-refractivity contribution >= 4 is 17.4 Å². The van der Waals surface area contributed by atoms with Crippen LogP contribution in [0.25, 0.3) is 17.1 Å². The Morgan fingerprint density at radius 3 is 2.33 bits per heavy atom. The topological polar surface area (TPSA) is 105 Å². The van der Waals surface area contributed by atoms with E-state index in [9.17, 15) is 10.1 Å². The Kier molecular flexibility index (Phi) is 6.85. The van der Waals surface area contributed by atoms with Gasteiger partial charge in [-0.3, -0.25) is 10.1 Å². The summed E-state index contributed by atoms with van der Waals surface area (Å²) in [6.45, 7) is 2.48. The van der Waals surface area contributed by atoms with E-state index in [1.54, 1.807) is 30.1 Å². The van der Waals surface area contributed by atoms with E-state index < -0.39 is 4.92 Å². The van der Waals surface area contributed by atoms with Gasteiger partial charge in [0, 0.05) is 17.9 Å². The van der Waals surface area contributed by atoms with Crippen LogP contribution in [-0.4, -0.2) is 34.9 Å². The zero-order chi connectivity index (χ0) is 24.9. The number of nitro benzene ring substituents is 1. The highest BCUT2D eigenvalue weighted by Gasteiger charge is 2.19. The number of tetrazole rings is 1. The minimum atomic E-state index is -0.419. The number of hydrogen-bond acceptors (Lipinski definition) is 7. The van der Waals surface area contributed by atoms with Gasteiger partial charge in [0.1, 0.15) is 5.03 Å². The molecule has 0 saturated carbocycles. The molecule has 10 heteroatoms. The van der Waals surface area contributed by atoms with Crippen LogP contribution in [0.3, 0.4) is 0 Å². The highest BCUT2D eigenvalue weighted by atomic mass is 32.2. The van der Waals surface area contributed by atoms with Gasteiger partial charge in [0.05, 0.1) is 28.9 Å². The molecule has 3 aromatic carbocycles. The number of nitrogens with zero attached hydrogens (tertiary/aromatic N) is 7. The van der Waals surface area contributed by atoms with Crippen molar-refractivity contribution in [1.82, 2.24) is 30.0 Å². The monoisotopic (exact) mass is 497 g/mol. The lowest BCUT2D eigenvalue weighted by Gasteiger charge is -2.09. The SMILES string of the molecule is CCc1ccc(-n2ncc(-c3nnn(Cc4ccc([N+](=O)[O-])cc4)n3)c2SCc2ccccc2)cc1. The molecule has 180 valence electrons. The fourth-order valence-corrected chi connectivity index (χ4v) is 4.79. The number of nitro groups is 1. The molecular weight excluding hydrogens is 474 g/mol. The molecule has 0 saturated heterocycles. The minimum absolute atomic E-state index is 0.0467. The molecule has 0 N–H and O–H groups in total. The van der Waals surface area contributed by atoms with E-state index >= 15 is 0 Å². The number of hydrogen-bond donors (Lipinski definition) is 0. The molecule has 0 fully saturated rings. The van der Waals surface area contributed by atoms with E-state index in [-0.39, 0.29) is 5.69 Å². The summed E-state index contributed by atoms with van der Waals surface area (Å²) in [5.74, 6) is 1.24. The van der Waals surface area contributed by atoms with Crippen molar-refractivity contribution in [3.05, 3.63) is 112 Å². The van der Waals surface area contributed by atoms with Crippen molar-refractivity contribution in [1.29, 1.82) is 0 Å². The molecule has 0 aliphatic heterocycles. The molecule has 0 unspecified atom stereocenters. The van der Waals surface area contributed by atoms with E-state index in [1.165, 1.54) is 28.1 Å². The molecule has 9 nitrogen and oxygen atoms in total. The van der Waals surface area contributed by atoms with E-state index in [0.717, 1.165) is 34.0 Å². The zero-order valence-corrected chi connectivity index (χ0v) is 20.4. The normalized spacial score (nSPS) is 11.0. The lowest BCUT2D eigenvalue weighted by Crippen LogP contribution is -2.04. The Morgan fingerprint density at radius 2 is 1.64 bits per heavy atom. The molecule has 0 radical (unpaired) electrons. The smallest absolute Gasteiger partial charge is 0.258 e. The molecule has 2 heterocycles. The molecule has 0 atom stereocenters. The Bertz CT molecular complexity index is 1460. The minimum Gasteiger partial charge on any atom is -0.258 e. The number of aromatic nitrogens is 6. The van der Waals surface area contributed by atoms with Crippen LogP contribution in [0.4, 0.5) is 5.69 Å². The molecule has 5 aromatic rings. The third-order valence-corrected chi connectivity index (χ3v) is 6.84. The van der Waals surface area contributed by atoms with E-state index in [1.807, 2.05) is 22.9 Å². The van der Waals surface area contributed by atoms with E-state index in [0.29, 0.717) is 12.4 Å². The predicted molar refractivity (Wildman–Crippen MR) is 138 cm³/mol. The van der Waals surface area contributed by atoms with Crippen molar-refractivity contribution in [2.24, 2.45) is 0 Å². The first-order chi connectivity index (χ1) is 17.6. The van der Waals surface area contributed by atoms with Crippen LogP contribution in [0.5, 0.6) is 0 Å². The summed E-state index contributed by atoms with van der Waals surface area (Å²) >= 11 is 1.67. The number of aryl methyl sites for hydroxylation is 1. The summed E-state index contributed by atoms with van der Waals surface area (Å²) in [5, 5.41) is 29.6. The van der Waals surface area contributed by atoms with Crippen molar-refractivity contribution < 1.29 is 4.92 Å². The van der Waals surface area contributed by atoms with Gasteiger partial charge < -0.3 is 0 Å². The second-order valence-corrected chi connectivity index (χ2v) is 9.10. The highest BCUT2D eigenvalue weighted by molar-refractivity contribution is 7.98. The quantitative estimate of drug-likeness (QED) is 0.154. The van der Waals surface area contributed by atoms with Gasteiger partial charge in [-0.15, -0.1) is 22.0 Å². The van der Waals surface area contributed by atoms with Crippen molar-refractivity contribution in [3.8, 4) is 17.1 Å². The molecule has 2 aromatic heterocycles. The standard InChI is InChI=1S/C26H23N7O2S/c1-2-19-8-12-22(13-9-19)32-26(36-18-21-6-4-3-5-7-21)24(16-27-32)25-28-30-31(29-25)17-20-10-14-23(15-11-20)33(34)35/h3-16H,2,17-18H2,1H3. The fourth-order valence-electron chi connectivity index (χ4n) is 3.72. The van der Waals surface area contributed by atoms with Crippen molar-refractivity contribution in [2.45, 2.75) is 30.7 Å². The highest BCUT2D eigenvalue weighted by Crippen LogP contribution is 2.33. The lowest BCUT2D eigenvalue weighted by atomic mass is 10.1. The van der Waals surface area contributed by atoms with Crippen LogP contribution >= 0.6 is 11.8 Å². The fraction of sp³-hybridized carbons (Fsp3) is 0.154.